The average molecular weight is 203 g/mol. The molecule has 1 fully saturated rings. The zero-order chi connectivity index (χ0) is 10.3. The first-order valence-electron chi connectivity index (χ1n) is 5.80. The van der Waals surface area contributed by atoms with Crippen LogP contribution in [-0.4, -0.2) is 13.2 Å². The van der Waals surface area contributed by atoms with Gasteiger partial charge in [-0.3, -0.25) is 0 Å². The quantitative estimate of drug-likeness (QED) is 0.798. The minimum absolute atomic E-state index is 0.312. The number of hydrogen-bond donors (Lipinski definition) is 1. The number of fused-ring (bicyclic) bond motifs is 1. The third-order valence-corrected chi connectivity index (χ3v) is 3.77. The molecule has 3 rings (SSSR count). The van der Waals surface area contributed by atoms with Crippen LogP contribution in [0.25, 0.3) is 0 Å². The predicted molar refractivity (Wildman–Crippen MR) is 60.2 cm³/mol. The first-order chi connectivity index (χ1) is 7.34. The van der Waals surface area contributed by atoms with E-state index in [-0.39, 0.29) is 0 Å². The number of ether oxygens (including phenoxy) is 1. The monoisotopic (exact) mass is 203 g/mol. The van der Waals surface area contributed by atoms with Crippen LogP contribution in [0.15, 0.2) is 18.2 Å². The molecule has 2 nitrogen and oxygen atoms in total. The van der Waals surface area contributed by atoms with E-state index in [0.29, 0.717) is 5.41 Å². The SMILES string of the molecule is NCC1(c2ccc3c(c2)CCCO3)CC1. The van der Waals surface area contributed by atoms with E-state index < -0.39 is 0 Å². The van der Waals surface area contributed by atoms with Crippen molar-refractivity contribution in [2.45, 2.75) is 31.1 Å². The van der Waals surface area contributed by atoms with Crippen LogP contribution in [-0.2, 0) is 11.8 Å². The molecule has 1 aromatic rings. The topological polar surface area (TPSA) is 35.2 Å². The van der Waals surface area contributed by atoms with Crippen LogP contribution in [0.1, 0.15) is 30.4 Å². The van der Waals surface area contributed by atoms with Gasteiger partial charge in [0.1, 0.15) is 5.75 Å². The minimum atomic E-state index is 0.312. The second-order valence-corrected chi connectivity index (χ2v) is 4.76. The van der Waals surface area contributed by atoms with Gasteiger partial charge in [0.05, 0.1) is 6.61 Å². The van der Waals surface area contributed by atoms with E-state index in [0.717, 1.165) is 31.7 Å². The predicted octanol–water partition coefficient (Wildman–Crippen LogP) is 2.00. The molecule has 0 bridgehead atoms. The summed E-state index contributed by atoms with van der Waals surface area (Å²) in [5, 5.41) is 0. The maximum atomic E-state index is 5.85. The summed E-state index contributed by atoms with van der Waals surface area (Å²) in [6.45, 7) is 1.65. The summed E-state index contributed by atoms with van der Waals surface area (Å²) in [6.07, 6.45) is 4.81. The summed E-state index contributed by atoms with van der Waals surface area (Å²) < 4.78 is 5.61. The Bertz CT molecular complexity index is 382. The van der Waals surface area contributed by atoms with Crippen molar-refractivity contribution < 1.29 is 4.74 Å². The third kappa shape index (κ3) is 1.44. The summed E-state index contributed by atoms with van der Waals surface area (Å²) in [6, 6.07) is 6.64. The summed E-state index contributed by atoms with van der Waals surface area (Å²) in [7, 11) is 0. The molecule has 1 aliphatic heterocycles. The van der Waals surface area contributed by atoms with Gasteiger partial charge in [0.2, 0.25) is 0 Å². The minimum Gasteiger partial charge on any atom is -0.493 e. The van der Waals surface area contributed by atoms with Gasteiger partial charge < -0.3 is 10.5 Å². The Morgan fingerprint density at radius 3 is 2.93 bits per heavy atom. The van der Waals surface area contributed by atoms with E-state index in [9.17, 15) is 0 Å². The molecule has 0 aromatic heterocycles. The standard InChI is InChI=1S/C13H17NO/c14-9-13(5-6-13)11-3-4-12-10(8-11)2-1-7-15-12/h3-4,8H,1-2,5-7,9,14H2. The van der Waals surface area contributed by atoms with Gasteiger partial charge in [0.25, 0.3) is 0 Å². The van der Waals surface area contributed by atoms with Crippen molar-refractivity contribution in [1.82, 2.24) is 0 Å². The zero-order valence-electron chi connectivity index (χ0n) is 8.96. The molecule has 15 heavy (non-hydrogen) atoms. The Balaban J connectivity index is 1.97. The molecular formula is C13H17NO. The molecule has 80 valence electrons. The highest BCUT2D eigenvalue weighted by Crippen LogP contribution is 2.48. The fraction of sp³-hybridized carbons (Fsp3) is 0.538. The van der Waals surface area contributed by atoms with Crippen molar-refractivity contribution in [3.05, 3.63) is 29.3 Å². The van der Waals surface area contributed by atoms with E-state index in [4.69, 9.17) is 10.5 Å². The second kappa shape index (κ2) is 3.24. The second-order valence-electron chi connectivity index (χ2n) is 4.76. The highest BCUT2D eigenvalue weighted by Gasteiger charge is 2.43. The normalized spacial score (nSPS) is 21.7. The van der Waals surface area contributed by atoms with Crippen molar-refractivity contribution in [1.29, 1.82) is 0 Å². The molecule has 2 N–H and O–H groups in total. The van der Waals surface area contributed by atoms with Crippen LogP contribution in [0.2, 0.25) is 0 Å². The van der Waals surface area contributed by atoms with Crippen molar-refractivity contribution in [2.24, 2.45) is 5.73 Å². The summed E-state index contributed by atoms with van der Waals surface area (Å²) >= 11 is 0. The lowest BCUT2D eigenvalue weighted by atomic mass is 9.92. The number of hydrogen-bond acceptors (Lipinski definition) is 2. The summed E-state index contributed by atoms with van der Waals surface area (Å²) in [4.78, 5) is 0. The maximum Gasteiger partial charge on any atom is 0.122 e. The van der Waals surface area contributed by atoms with Gasteiger partial charge in [-0.15, -0.1) is 0 Å². The Hall–Kier alpha value is -1.02. The maximum absolute atomic E-state index is 5.85. The Kier molecular flexibility index (Phi) is 1.99. The first kappa shape index (κ1) is 9.22. The van der Waals surface area contributed by atoms with E-state index >= 15 is 0 Å². The molecule has 1 aliphatic carbocycles. The van der Waals surface area contributed by atoms with Crippen molar-refractivity contribution in [3.63, 3.8) is 0 Å². The Labute approximate surface area is 90.4 Å². The molecule has 0 radical (unpaired) electrons. The van der Waals surface area contributed by atoms with Crippen LogP contribution in [0, 0.1) is 0 Å². The molecule has 0 unspecified atom stereocenters. The van der Waals surface area contributed by atoms with E-state index in [2.05, 4.69) is 18.2 Å². The molecular weight excluding hydrogens is 186 g/mol. The van der Waals surface area contributed by atoms with E-state index in [1.807, 2.05) is 0 Å². The molecule has 1 aromatic carbocycles. The highest BCUT2D eigenvalue weighted by atomic mass is 16.5. The summed E-state index contributed by atoms with van der Waals surface area (Å²) in [5.41, 5.74) is 8.96. The first-order valence-corrected chi connectivity index (χ1v) is 5.80. The lowest BCUT2D eigenvalue weighted by molar-refractivity contribution is 0.288. The number of aryl methyl sites for hydroxylation is 1. The fourth-order valence-corrected chi connectivity index (χ4v) is 2.45. The van der Waals surface area contributed by atoms with Gasteiger partial charge in [-0.25, -0.2) is 0 Å². The lowest BCUT2D eigenvalue weighted by Gasteiger charge is -2.20. The average Bonchev–Trinajstić information content (AvgIpc) is 3.09. The molecule has 1 saturated carbocycles. The smallest absolute Gasteiger partial charge is 0.122 e. The molecule has 1 heterocycles. The van der Waals surface area contributed by atoms with Crippen molar-refractivity contribution in [3.8, 4) is 5.75 Å². The van der Waals surface area contributed by atoms with Crippen LogP contribution < -0.4 is 10.5 Å². The molecule has 2 heteroatoms. The van der Waals surface area contributed by atoms with Crippen LogP contribution in [0.5, 0.6) is 5.75 Å². The van der Waals surface area contributed by atoms with Crippen molar-refractivity contribution >= 4 is 0 Å². The Morgan fingerprint density at radius 2 is 2.20 bits per heavy atom. The molecule has 0 saturated heterocycles. The lowest BCUT2D eigenvalue weighted by Crippen LogP contribution is -2.20. The van der Waals surface area contributed by atoms with Gasteiger partial charge in [-0.1, -0.05) is 12.1 Å². The molecule has 0 spiro atoms. The van der Waals surface area contributed by atoms with Crippen LogP contribution >= 0.6 is 0 Å². The number of nitrogens with two attached hydrogens (primary N) is 1. The van der Waals surface area contributed by atoms with Crippen molar-refractivity contribution in [2.75, 3.05) is 13.2 Å². The van der Waals surface area contributed by atoms with Crippen LogP contribution in [0.3, 0.4) is 0 Å². The van der Waals surface area contributed by atoms with Gasteiger partial charge in [-0.2, -0.15) is 0 Å². The van der Waals surface area contributed by atoms with Crippen LogP contribution in [0.4, 0.5) is 0 Å². The largest absolute Gasteiger partial charge is 0.493 e. The fourth-order valence-electron chi connectivity index (χ4n) is 2.45. The molecule has 0 amide bonds. The summed E-state index contributed by atoms with van der Waals surface area (Å²) in [5.74, 6) is 1.08. The zero-order valence-corrected chi connectivity index (χ0v) is 8.96. The Morgan fingerprint density at radius 1 is 1.33 bits per heavy atom. The third-order valence-electron chi connectivity index (χ3n) is 3.77. The number of rotatable bonds is 2. The number of benzene rings is 1. The van der Waals surface area contributed by atoms with Gasteiger partial charge >= 0.3 is 0 Å². The van der Waals surface area contributed by atoms with E-state index in [1.54, 1.807) is 0 Å². The highest BCUT2D eigenvalue weighted by molar-refractivity contribution is 5.43. The van der Waals surface area contributed by atoms with E-state index in [1.165, 1.54) is 24.0 Å². The molecule has 0 atom stereocenters. The van der Waals surface area contributed by atoms with Gasteiger partial charge in [0, 0.05) is 12.0 Å². The van der Waals surface area contributed by atoms with Gasteiger partial charge in [-0.05, 0) is 42.9 Å². The van der Waals surface area contributed by atoms with Gasteiger partial charge in [0.15, 0.2) is 0 Å². The molecule has 2 aliphatic rings.